The summed E-state index contributed by atoms with van der Waals surface area (Å²) in [4.78, 5) is 21.6. The van der Waals surface area contributed by atoms with Crippen LogP contribution < -0.4 is 5.32 Å². The van der Waals surface area contributed by atoms with Gasteiger partial charge in [-0.3, -0.25) is 0 Å². The lowest BCUT2D eigenvalue weighted by Gasteiger charge is -2.12. The molecule has 5 nitrogen and oxygen atoms in total. The average Bonchev–Trinajstić information content (AvgIpc) is 2.20. The average molecular weight is 211 g/mol. The topological polar surface area (TPSA) is 75.6 Å². The third-order valence-corrected chi connectivity index (χ3v) is 1.50. The van der Waals surface area contributed by atoms with E-state index in [9.17, 15) is 9.59 Å². The summed E-state index contributed by atoms with van der Waals surface area (Å²) in [5.74, 6) is 1.16. The first-order valence-electron chi connectivity index (χ1n) is 4.32. The summed E-state index contributed by atoms with van der Waals surface area (Å²) in [6, 6.07) is -1.02. The highest BCUT2D eigenvalue weighted by molar-refractivity contribution is 5.79. The molecule has 2 N–H and O–H groups in total. The van der Waals surface area contributed by atoms with Crippen LogP contribution in [0.5, 0.6) is 0 Å². The number of aliphatic carboxylic acids is 1. The molecule has 0 aromatic rings. The summed E-state index contributed by atoms with van der Waals surface area (Å²) in [5.41, 5.74) is 0. The predicted molar refractivity (Wildman–Crippen MR) is 54.2 cm³/mol. The second-order valence-electron chi connectivity index (χ2n) is 2.67. The number of amides is 1. The molecule has 0 aliphatic heterocycles. The van der Waals surface area contributed by atoms with Gasteiger partial charge in [0.05, 0.1) is 0 Å². The molecule has 0 aliphatic rings. The number of hydrogen-bond donors (Lipinski definition) is 2. The highest BCUT2D eigenvalue weighted by Gasteiger charge is 2.19. The highest BCUT2D eigenvalue weighted by Crippen LogP contribution is 1.97. The summed E-state index contributed by atoms with van der Waals surface area (Å²) in [5, 5.41) is 10.9. The first-order chi connectivity index (χ1) is 7.11. The Morgan fingerprint density at radius 1 is 1.67 bits per heavy atom. The maximum absolute atomic E-state index is 11.0. The van der Waals surface area contributed by atoms with Crippen LogP contribution in [0.15, 0.2) is 12.7 Å². The zero-order valence-electron chi connectivity index (χ0n) is 8.23. The summed E-state index contributed by atoms with van der Waals surface area (Å²) in [6.07, 6.45) is 6.03. The molecule has 0 aliphatic carbocycles. The van der Waals surface area contributed by atoms with Gasteiger partial charge in [0, 0.05) is 6.42 Å². The maximum Gasteiger partial charge on any atom is 0.408 e. The SMILES string of the molecule is C#CCC[C@H](NC(=O)OCC=C)C(=O)O. The molecule has 0 unspecified atom stereocenters. The number of terminal acetylenes is 1. The Labute approximate surface area is 88.1 Å². The molecule has 1 amide bonds. The van der Waals surface area contributed by atoms with Gasteiger partial charge < -0.3 is 15.2 Å². The van der Waals surface area contributed by atoms with Gasteiger partial charge in [0.15, 0.2) is 0 Å². The van der Waals surface area contributed by atoms with Crippen LogP contribution in [0.1, 0.15) is 12.8 Å². The van der Waals surface area contributed by atoms with Crippen LogP contribution in [0.4, 0.5) is 4.79 Å². The number of hydrogen-bond acceptors (Lipinski definition) is 3. The van der Waals surface area contributed by atoms with Crippen LogP contribution in [0.3, 0.4) is 0 Å². The van der Waals surface area contributed by atoms with E-state index in [2.05, 4.69) is 22.6 Å². The minimum absolute atomic E-state index is 0.0350. The fraction of sp³-hybridized carbons (Fsp3) is 0.400. The fourth-order valence-electron chi connectivity index (χ4n) is 0.804. The second kappa shape index (κ2) is 7.44. The third-order valence-electron chi connectivity index (χ3n) is 1.50. The van der Waals surface area contributed by atoms with Gasteiger partial charge in [0.1, 0.15) is 12.6 Å². The Balaban J connectivity index is 4.05. The summed E-state index contributed by atoms with van der Waals surface area (Å²) >= 11 is 0. The van der Waals surface area contributed by atoms with Gasteiger partial charge in [-0.2, -0.15) is 0 Å². The van der Waals surface area contributed by atoms with Crippen LogP contribution in [-0.2, 0) is 9.53 Å². The standard InChI is InChI=1S/C10H13NO4/c1-3-5-6-8(9(12)13)11-10(14)15-7-4-2/h1,4,8H,2,5-7H2,(H,11,14)(H,12,13)/t8-/m0/s1. The van der Waals surface area contributed by atoms with E-state index >= 15 is 0 Å². The number of carbonyl (C=O) groups excluding carboxylic acids is 1. The van der Waals surface area contributed by atoms with Crippen molar-refractivity contribution in [2.45, 2.75) is 18.9 Å². The van der Waals surface area contributed by atoms with Crippen molar-refractivity contribution >= 4 is 12.1 Å². The first kappa shape index (κ1) is 13.0. The van der Waals surface area contributed by atoms with Gasteiger partial charge >= 0.3 is 12.1 Å². The molecule has 1 atom stereocenters. The maximum atomic E-state index is 11.0. The highest BCUT2D eigenvalue weighted by atomic mass is 16.5. The number of carboxylic acids is 1. The van der Waals surface area contributed by atoms with Crippen LogP contribution in [0.25, 0.3) is 0 Å². The van der Waals surface area contributed by atoms with Crippen LogP contribution in [-0.4, -0.2) is 29.8 Å². The van der Waals surface area contributed by atoms with E-state index < -0.39 is 18.1 Å². The number of carboxylic acid groups (broad SMARTS) is 1. The summed E-state index contributed by atoms with van der Waals surface area (Å²) in [7, 11) is 0. The molecule has 15 heavy (non-hydrogen) atoms. The van der Waals surface area contributed by atoms with Crippen LogP contribution >= 0.6 is 0 Å². The molecule has 0 radical (unpaired) electrons. The Kier molecular flexibility index (Phi) is 6.47. The molecular formula is C10H13NO4. The monoisotopic (exact) mass is 211 g/mol. The van der Waals surface area contributed by atoms with Crippen molar-refractivity contribution in [2.24, 2.45) is 0 Å². The Hall–Kier alpha value is -1.96. The first-order valence-corrected chi connectivity index (χ1v) is 4.32. The molecule has 0 spiro atoms. The van der Waals surface area contributed by atoms with Crippen molar-refractivity contribution in [3.05, 3.63) is 12.7 Å². The quantitative estimate of drug-likeness (QED) is 0.502. The lowest BCUT2D eigenvalue weighted by Crippen LogP contribution is -2.41. The molecule has 0 bridgehead atoms. The van der Waals surface area contributed by atoms with E-state index in [0.29, 0.717) is 0 Å². The van der Waals surface area contributed by atoms with E-state index in [-0.39, 0.29) is 19.4 Å². The predicted octanol–water partition coefficient (Wildman–Crippen LogP) is 0.765. The molecule has 0 aromatic heterocycles. The number of nitrogens with one attached hydrogen (secondary N) is 1. The Bertz CT molecular complexity index is 280. The fourth-order valence-corrected chi connectivity index (χ4v) is 0.804. The Morgan fingerprint density at radius 3 is 2.80 bits per heavy atom. The molecule has 0 fully saturated rings. The minimum atomic E-state index is -1.14. The number of ether oxygens (including phenoxy) is 1. The summed E-state index contributed by atoms with van der Waals surface area (Å²) < 4.78 is 4.57. The molecule has 0 saturated heterocycles. The van der Waals surface area contributed by atoms with Gasteiger partial charge in [-0.25, -0.2) is 9.59 Å². The molecule has 0 aromatic carbocycles. The third kappa shape index (κ3) is 6.16. The van der Waals surface area contributed by atoms with Crippen molar-refractivity contribution in [1.29, 1.82) is 0 Å². The zero-order valence-corrected chi connectivity index (χ0v) is 8.23. The largest absolute Gasteiger partial charge is 0.480 e. The van der Waals surface area contributed by atoms with E-state index in [1.807, 2.05) is 0 Å². The van der Waals surface area contributed by atoms with Crippen molar-refractivity contribution in [2.75, 3.05) is 6.61 Å². The molecule has 0 saturated carbocycles. The van der Waals surface area contributed by atoms with Crippen molar-refractivity contribution in [3.63, 3.8) is 0 Å². The van der Waals surface area contributed by atoms with Crippen LogP contribution in [0, 0.1) is 12.3 Å². The van der Waals surface area contributed by atoms with Crippen molar-refractivity contribution in [3.8, 4) is 12.3 Å². The van der Waals surface area contributed by atoms with Gasteiger partial charge in [-0.1, -0.05) is 12.7 Å². The van der Waals surface area contributed by atoms with Crippen LogP contribution in [0.2, 0.25) is 0 Å². The number of carbonyl (C=O) groups is 2. The second-order valence-corrected chi connectivity index (χ2v) is 2.67. The van der Waals surface area contributed by atoms with Gasteiger partial charge in [-0.15, -0.1) is 12.3 Å². The smallest absolute Gasteiger partial charge is 0.408 e. The van der Waals surface area contributed by atoms with Gasteiger partial charge in [0.2, 0.25) is 0 Å². The number of alkyl carbamates (subject to hydrolysis) is 1. The van der Waals surface area contributed by atoms with Gasteiger partial charge in [0.25, 0.3) is 0 Å². The number of rotatable bonds is 6. The van der Waals surface area contributed by atoms with E-state index in [1.165, 1.54) is 6.08 Å². The van der Waals surface area contributed by atoms with Gasteiger partial charge in [-0.05, 0) is 6.42 Å². The minimum Gasteiger partial charge on any atom is -0.480 e. The molecule has 5 heteroatoms. The van der Waals surface area contributed by atoms with E-state index in [1.54, 1.807) is 0 Å². The van der Waals surface area contributed by atoms with Crippen molar-refractivity contribution < 1.29 is 19.4 Å². The van der Waals surface area contributed by atoms with E-state index in [4.69, 9.17) is 11.5 Å². The Morgan fingerprint density at radius 2 is 2.33 bits per heavy atom. The lowest BCUT2D eigenvalue weighted by atomic mass is 10.1. The normalized spacial score (nSPS) is 10.9. The lowest BCUT2D eigenvalue weighted by molar-refractivity contribution is -0.139. The molecule has 0 rings (SSSR count). The summed E-state index contributed by atoms with van der Waals surface area (Å²) in [6.45, 7) is 3.38. The molecule has 0 heterocycles. The van der Waals surface area contributed by atoms with E-state index in [0.717, 1.165) is 0 Å². The molecule has 82 valence electrons. The molecular weight excluding hydrogens is 198 g/mol. The van der Waals surface area contributed by atoms with Crippen molar-refractivity contribution in [1.82, 2.24) is 5.32 Å². The zero-order chi connectivity index (χ0) is 11.7.